The van der Waals surface area contributed by atoms with Crippen molar-refractivity contribution in [1.82, 2.24) is 39.1 Å². The molecule has 17 heteroatoms. The molecule has 17 nitrogen and oxygen atoms in total. The molecule has 2 aromatic carbocycles. The number of aryl methyl sites for hydroxylation is 1. The highest BCUT2D eigenvalue weighted by molar-refractivity contribution is 6.00. The van der Waals surface area contributed by atoms with Gasteiger partial charge in [0.25, 0.3) is 5.91 Å². The van der Waals surface area contributed by atoms with E-state index in [9.17, 15) is 24.0 Å². The van der Waals surface area contributed by atoms with E-state index in [0.717, 1.165) is 101 Å². The van der Waals surface area contributed by atoms with Gasteiger partial charge in [0.15, 0.2) is 11.5 Å². The summed E-state index contributed by atoms with van der Waals surface area (Å²) in [6.45, 7) is 7.92. The van der Waals surface area contributed by atoms with Gasteiger partial charge in [-0.15, -0.1) is 0 Å². The zero-order chi connectivity index (χ0) is 41.7. The van der Waals surface area contributed by atoms with Gasteiger partial charge in [-0.3, -0.25) is 28.8 Å². The van der Waals surface area contributed by atoms with Crippen LogP contribution in [-0.2, 0) is 16.6 Å². The zero-order valence-corrected chi connectivity index (χ0v) is 34.4. The monoisotopic (exact) mass is 818 g/mol. The van der Waals surface area contributed by atoms with Crippen LogP contribution >= 0.6 is 0 Å². The van der Waals surface area contributed by atoms with Crippen LogP contribution in [0.1, 0.15) is 73.0 Å². The third kappa shape index (κ3) is 7.66. The SMILES string of the molecule is CN1CCN([C@@H]2CCCN(c3cnc(C(N)=O)c(Nc4ccc(C5CCN(C[C@@H]6CCN(c7ccc8c(c7)n(C)c(=O)n8C7CCC(=O)NC7=O)C6)CC5)cc4)n3)C2)C1=O. The number of amides is 5. The van der Waals surface area contributed by atoms with Crippen molar-refractivity contribution < 1.29 is 19.2 Å². The number of carbonyl (C=O) groups excluding carboxylic acids is 4. The first-order valence-corrected chi connectivity index (χ1v) is 21.3. The molecule has 316 valence electrons. The number of hydrogen-bond acceptors (Lipinski definition) is 11. The highest BCUT2D eigenvalue weighted by Crippen LogP contribution is 2.33. The predicted octanol–water partition coefficient (Wildman–Crippen LogP) is 2.99. The average Bonchev–Trinajstić information content (AvgIpc) is 3.93. The van der Waals surface area contributed by atoms with Gasteiger partial charge in [-0.2, -0.15) is 0 Å². The minimum atomic E-state index is -0.693. The molecule has 60 heavy (non-hydrogen) atoms. The fourth-order valence-corrected chi connectivity index (χ4v) is 10.0. The minimum absolute atomic E-state index is 0.0664. The van der Waals surface area contributed by atoms with Gasteiger partial charge in [0.2, 0.25) is 11.8 Å². The van der Waals surface area contributed by atoms with Crippen LogP contribution in [-0.4, -0.2) is 130 Å². The molecule has 5 saturated heterocycles. The number of aromatic nitrogens is 4. The summed E-state index contributed by atoms with van der Waals surface area (Å²) in [5.41, 5.74) is 10.2. The summed E-state index contributed by atoms with van der Waals surface area (Å²) in [6, 6.07) is 13.9. The molecule has 4 aromatic rings. The lowest BCUT2D eigenvalue weighted by Crippen LogP contribution is -2.49. The Morgan fingerprint density at radius 1 is 0.867 bits per heavy atom. The number of urea groups is 1. The maximum Gasteiger partial charge on any atom is 0.329 e. The summed E-state index contributed by atoms with van der Waals surface area (Å²) in [6.07, 6.45) is 7.25. The Hall–Kier alpha value is -5.97. The zero-order valence-electron chi connectivity index (χ0n) is 34.4. The topological polar surface area (TPSA) is 187 Å². The lowest BCUT2D eigenvalue weighted by molar-refractivity contribution is -0.135. The lowest BCUT2D eigenvalue weighted by Gasteiger charge is -2.37. The molecule has 4 N–H and O–H groups in total. The average molecular weight is 819 g/mol. The Kier molecular flexibility index (Phi) is 10.7. The van der Waals surface area contributed by atoms with Gasteiger partial charge in [0.1, 0.15) is 11.9 Å². The maximum absolute atomic E-state index is 13.3. The highest BCUT2D eigenvalue weighted by Gasteiger charge is 2.36. The van der Waals surface area contributed by atoms with Gasteiger partial charge in [0.05, 0.1) is 23.3 Å². The number of nitrogens with zero attached hydrogens (tertiary/aromatic N) is 9. The van der Waals surface area contributed by atoms with E-state index < -0.39 is 17.9 Å². The first-order chi connectivity index (χ1) is 29.0. The van der Waals surface area contributed by atoms with Crippen molar-refractivity contribution in [2.24, 2.45) is 18.7 Å². The second-order valence-electron chi connectivity index (χ2n) is 17.2. The van der Waals surface area contributed by atoms with Gasteiger partial charge in [0, 0.05) is 77.7 Å². The van der Waals surface area contributed by atoms with E-state index in [-0.39, 0.29) is 35.8 Å². The van der Waals surface area contributed by atoms with Gasteiger partial charge >= 0.3 is 11.7 Å². The number of likely N-dealkylation sites (tertiary alicyclic amines) is 1. The highest BCUT2D eigenvalue weighted by atomic mass is 16.2. The largest absolute Gasteiger partial charge is 0.371 e. The number of hydrogen-bond donors (Lipinski definition) is 3. The van der Waals surface area contributed by atoms with Crippen molar-refractivity contribution in [3.05, 3.63) is 70.4 Å². The van der Waals surface area contributed by atoms with E-state index in [1.165, 1.54) is 10.1 Å². The molecule has 0 aliphatic carbocycles. The molecular formula is C43H54N12O5. The summed E-state index contributed by atoms with van der Waals surface area (Å²) in [5.74, 6) is 0.591. The molecule has 1 unspecified atom stereocenters. The Morgan fingerprint density at radius 2 is 1.67 bits per heavy atom. The number of nitrogens with one attached hydrogen (secondary N) is 2. The number of fused-ring (bicyclic) bond motifs is 1. The van der Waals surface area contributed by atoms with Crippen LogP contribution in [0, 0.1) is 5.92 Å². The molecule has 0 radical (unpaired) electrons. The number of piperidine rings is 3. The summed E-state index contributed by atoms with van der Waals surface area (Å²) < 4.78 is 3.13. The number of imidazole rings is 1. The molecule has 0 bridgehead atoms. The smallest absolute Gasteiger partial charge is 0.329 e. The number of primary amides is 1. The summed E-state index contributed by atoms with van der Waals surface area (Å²) in [7, 11) is 3.57. The molecule has 0 spiro atoms. The van der Waals surface area contributed by atoms with Crippen molar-refractivity contribution in [2.75, 3.05) is 81.1 Å². The molecular weight excluding hydrogens is 765 g/mol. The van der Waals surface area contributed by atoms with Crippen molar-refractivity contribution in [3.8, 4) is 0 Å². The van der Waals surface area contributed by atoms with Crippen molar-refractivity contribution in [1.29, 1.82) is 0 Å². The van der Waals surface area contributed by atoms with Gasteiger partial charge < -0.3 is 35.6 Å². The molecule has 7 heterocycles. The van der Waals surface area contributed by atoms with Crippen LogP contribution in [0.2, 0.25) is 0 Å². The number of benzene rings is 2. The lowest BCUT2D eigenvalue weighted by atomic mass is 9.89. The normalized spacial score (nSPS) is 23.2. The molecule has 2 aromatic heterocycles. The first kappa shape index (κ1) is 39.5. The van der Waals surface area contributed by atoms with Gasteiger partial charge in [-0.05, 0) is 99.3 Å². The Balaban J connectivity index is 0.784. The van der Waals surface area contributed by atoms with E-state index in [4.69, 9.17) is 10.7 Å². The molecule has 5 fully saturated rings. The van der Waals surface area contributed by atoms with E-state index in [1.807, 2.05) is 36.2 Å². The van der Waals surface area contributed by atoms with Crippen LogP contribution in [0.4, 0.5) is 27.8 Å². The third-order valence-corrected chi connectivity index (χ3v) is 13.4. The number of anilines is 4. The van der Waals surface area contributed by atoms with Crippen LogP contribution in [0.3, 0.4) is 0 Å². The van der Waals surface area contributed by atoms with Crippen molar-refractivity contribution in [3.63, 3.8) is 0 Å². The Bertz CT molecular complexity index is 2370. The fraction of sp³-hybridized carbons (Fsp3) is 0.512. The number of carbonyl (C=O) groups is 4. The maximum atomic E-state index is 13.3. The minimum Gasteiger partial charge on any atom is -0.371 e. The first-order valence-electron chi connectivity index (χ1n) is 21.3. The van der Waals surface area contributed by atoms with E-state index in [0.29, 0.717) is 42.0 Å². The number of imide groups is 1. The Morgan fingerprint density at radius 3 is 2.40 bits per heavy atom. The molecule has 0 saturated carbocycles. The predicted molar refractivity (Wildman–Crippen MR) is 228 cm³/mol. The molecule has 5 aliphatic heterocycles. The molecule has 3 atom stereocenters. The standard InChI is InChI=1S/C43H54N12O5/c1-49-20-21-54(42(49)59)32-4-3-16-53(26-32)36-23-45-38(39(44)57)40(47-36)46-30-7-5-28(6-8-30)29-14-17-51(18-15-29)24-27-13-19-52(25-27)31-9-10-33-35(22-31)50(2)43(60)55(33)34-11-12-37(56)48-41(34)58/h5-10,22-23,27,29,32,34H,3-4,11-21,24-26H2,1-2H3,(H2,44,57)(H,46,47)(H,48,56,58)/t27-,32+,34?/m0/s1. The summed E-state index contributed by atoms with van der Waals surface area (Å²) in [4.78, 5) is 82.8. The third-order valence-electron chi connectivity index (χ3n) is 13.4. The number of rotatable bonds is 10. The van der Waals surface area contributed by atoms with E-state index >= 15 is 0 Å². The van der Waals surface area contributed by atoms with Crippen LogP contribution < -0.4 is 31.9 Å². The summed E-state index contributed by atoms with van der Waals surface area (Å²) >= 11 is 0. The molecule has 5 amide bonds. The van der Waals surface area contributed by atoms with E-state index in [1.54, 1.807) is 22.7 Å². The quantitative estimate of drug-likeness (QED) is 0.200. The Labute approximate surface area is 348 Å². The van der Waals surface area contributed by atoms with Crippen molar-refractivity contribution >= 4 is 57.8 Å². The van der Waals surface area contributed by atoms with Crippen LogP contribution in [0.5, 0.6) is 0 Å². The fourth-order valence-electron chi connectivity index (χ4n) is 10.0. The van der Waals surface area contributed by atoms with Gasteiger partial charge in [-0.25, -0.2) is 19.6 Å². The second-order valence-corrected chi connectivity index (χ2v) is 17.2. The molecule has 9 rings (SSSR count). The van der Waals surface area contributed by atoms with Gasteiger partial charge in [-0.1, -0.05) is 12.1 Å². The van der Waals surface area contributed by atoms with Crippen LogP contribution in [0.15, 0.2) is 53.5 Å². The number of likely N-dealkylation sites (N-methyl/N-ethyl adjacent to an activating group) is 1. The van der Waals surface area contributed by atoms with E-state index in [2.05, 4.69) is 48.5 Å². The second kappa shape index (κ2) is 16.2. The van der Waals surface area contributed by atoms with Crippen LogP contribution in [0.25, 0.3) is 11.0 Å². The van der Waals surface area contributed by atoms with Crippen molar-refractivity contribution in [2.45, 2.75) is 62.9 Å². The summed E-state index contributed by atoms with van der Waals surface area (Å²) in [5, 5.41) is 5.69. The number of nitrogens with two attached hydrogens (primary N) is 1. The molecule has 5 aliphatic rings.